The highest BCUT2D eigenvalue weighted by Crippen LogP contribution is 1.94. The van der Waals surface area contributed by atoms with E-state index in [1.807, 2.05) is 0 Å². The highest BCUT2D eigenvalue weighted by atomic mass is 35.5. The molecule has 0 amide bonds. The predicted molar refractivity (Wildman–Crippen MR) is 53.2 cm³/mol. The van der Waals surface area contributed by atoms with Gasteiger partial charge in [-0.15, -0.1) is 17.5 Å². The number of halogens is 1. The van der Waals surface area contributed by atoms with Gasteiger partial charge in [0.1, 0.15) is 11.7 Å². The van der Waals surface area contributed by atoms with Crippen molar-refractivity contribution >= 4 is 18.4 Å². The van der Waals surface area contributed by atoms with Crippen molar-refractivity contribution < 1.29 is 14.6 Å². The Balaban J connectivity index is 0.00000196. The largest absolute Gasteiger partial charge is 0.468 e. The Hall–Kier alpha value is -1.18. The molecule has 1 aromatic heterocycles. The molecule has 1 unspecified atom stereocenters. The zero-order valence-electron chi connectivity index (χ0n) is 8.16. The molecule has 1 rings (SSSR count). The molecule has 8 heteroatoms. The zero-order valence-corrected chi connectivity index (χ0v) is 8.98. The van der Waals surface area contributed by atoms with Crippen LogP contribution in [-0.4, -0.2) is 39.2 Å². The third-order valence-electron chi connectivity index (χ3n) is 1.64. The van der Waals surface area contributed by atoms with Crippen LogP contribution in [0, 0.1) is 0 Å². The number of aromatic nitrogens is 3. The highest BCUT2D eigenvalue weighted by molar-refractivity contribution is 5.85. The van der Waals surface area contributed by atoms with E-state index in [1.165, 1.54) is 18.0 Å². The summed E-state index contributed by atoms with van der Waals surface area (Å²) in [6, 6.07) is -0.770. The third-order valence-corrected chi connectivity index (χ3v) is 1.64. The van der Waals surface area contributed by atoms with Gasteiger partial charge in [0.15, 0.2) is 0 Å². The second-order valence-corrected chi connectivity index (χ2v) is 2.72. The van der Waals surface area contributed by atoms with Crippen molar-refractivity contribution in [2.24, 2.45) is 5.73 Å². The number of hydrogen-bond acceptors (Lipinski definition) is 6. The molecule has 0 aliphatic carbocycles. The minimum atomic E-state index is -0.770. The molecular weight excluding hydrogens is 224 g/mol. The molecule has 7 nitrogen and oxygen atoms in total. The summed E-state index contributed by atoms with van der Waals surface area (Å²) in [5, 5.41) is 16.0. The van der Waals surface area contributed by atoms with Crippen molar-refractivity contribution in [1.82, 2.24) is 15.0 Å². The molecule has 86 valence electrons. The van der Waals surface area contributed by atoms with Crippen LogP contribution in [0.3, 0.4) is 0 Å². The van der Waals surface area contributed by atoms with Gasteiger partial charge in [-0.25, -0.2) is 0 Å². The van der Waals surface area contributed by atoms with Gasteiger partial charge in [0, 0.05) is 0 Å². The number of esters is 1. The summed E-state index contributed by atoms with van der Waals surface area (Å²) in [7, 11) is 1.27. The number of methoxy groups -OCH3 is 1. The minimum Gasteiger partial charge on any atom is -0.468 e. The van der Waals surface area contributed by atoms with E-state index in [0.29, 0.717) is 5.69 Å². The fraction of sp³-hybridized carbons (Fsp3) is 0.571. The molecule has 0 spiro atoms. The molecule has 1 heterocycles. The van der Waals surface area contributed by atoms with Crippen molar-refractivity contribution in [2.75, 3.05) is 7.11 Å². The molecular formula is C7H13ClN4O3. The molecule has 0 radical (unpaired) electrons. The van der Waals surface area contributed by atoms with Gasteiger partial charge in [-0.2, -0.15) is 0 Å². The Morgan fingerprint density at radius 2 is 2.47 bits per heavy atom. The lowest BCUT2D eigenvalue weighted by Gasteiger charge is -2.07. The first-order valence-corrected chi connectivity index (χ1v) is 4.00. The average Bonchev–Trinajstić information content (AvgIpc) is 2.64. The number of nitrogens with zero attached hydrogens (tertiary/aromatic N) is 3. The number of carbonyl (C=O) groups excluding carboxylic acids is 1. The van der Waals surface area contributed by atoms with Crippen molar-refractivity contribution in [3.05, 3.63) is 11.9 Å². The van der Waals surface area contributed by atoms with Crippen LogP contribution >= 0.6 is 12.4 Å². The van der Waals surface area contributed by atoms with Crippen LogP contribution in [0.25, 0.3) is 0 Å². The summed E-state index contributed by atoms with van der Waals surface area (Å²) >= 11 is 0. The molecule has 1 atom stereocenters. The van der Waals surface area contributed by atoms with Gasteiger partial charge in [0.05, 0.1) is 26.5 Å². The summed E-state index contributed by atoms with van der Waals surface area (Å²) in [6.07, 6.45) is 1.52. The van der Waals surface area contributed by atoms with Gasteiger partial charge in [-0.3, -0.25) is 9.48 Å². The summed E-state index contributed by atoms with van der Waals surface area (Å²) < 4.78 is 5.82. The van der Waals surface area contributed by atoms with Crippen LogP contribution in [-0.2, 0) is 22.7 Å². The normalized spacial score (nSPS) is 11.7. The van der Waals surface area contributed by atoms with Crippen LogP contribution in [0.4, 0.5) is 0 Å². The maximum absolute atomic E-state index is 10.9. The van der Waals surface area contributed by atoms with E-state index in [2.05, 4.69) is 15.0 Å². The molecule has 3 N–H and O–H groups in total. The topological polar surface area (TPSA) is 103 Å². The average molecular weight is 237 g/mol. The lowest BCUT2D eigenvalue weighted by atomic mass is 10.3. The second-order valence-electron chi connectivity index (χ2n) is 2.72. The zero-order chi connectivity index (χ0) is 10.6. The van der Waals surface area contributed by atoms with Crippen LogP contribution < -0.4 is 5.73 Å². The Kier molecular flexibility index (Phi) is 5.83. The van der Waals surface area contributed by atoms with Crippen molar-refractivity contribution in [2.45, 2.75) is 19.2 Å². The summed E-state index contributed by atoms with van der Waals surface area (Å²) in [4.78, 5) is 10.9. The summed E-state index contributed by atoms with van der Waals surface area (Å²) in [6.45, 7) is -0.00681. The summed E-state index contributed by atoms with van der Waals surface area (Å²) in [5.74, 6) is -0.508. The molecule has 0 fully saturated rings. The van der Waals surface area contributed by atoms with Crippen molar-refractivity contribution in [1.29, 1.82) is 0 Å². The lowest BCUT2D eigenvalue weighted by Crippen LogP contribution is -2.36. The van der Waals surface area contributed by atoms with E-state index in [0.717, 1.165) is 0 Å². The van der Waals surface area contributed by atoms with Crippen LogP contribution in [0.1, 0.15) is 5.69 Å². The van der Waals surface area contributed by atoms with Gasteiger partial charge >= 0.3 is 5.97 Å². The van der Waals surface area contributed by atoms with Gasteiger partial charge in [0.25, 0.3) is 0 Å². The van der Waals surface area contributed by atoms with Crippen LogP contribution in [0.2, 0.25) is 0 Å². The lowest BCUT2D eigenvalue weighted by molar-refractivity contribution is -0.142. The molecule has 0 aliphatic rings. The second kappa shape index (κ2) is 6.33. The number of nitrogens with two attached hydrogens (primary N) is 1. The fourth-order valence-electron chi connectivity index (χ4n) is 0.928. The Morgan fingerprint density at radius 1 is 1.80 bits per heavy atom. The maximum atomic E-state index is 10.9. The number of aliphatic hydroxyl groups is 1. The molecule has 0 aliphatic heterocycles. The molecule has 15 heavy (non-hydrogen) atoms. The maximum Gasteiger partial charge on any atom is 0.324 e. The SMILES string of the molecule is COC(=O)C(N)Cn1cc(CO)nn1.Cl. The molecule has 0 saturated heterocycles. The number of carbonyl (C=O) groups is 1. The van der Waals surface area contributed by atoms with Gasteiger partial charge in [-0.05, 0) is 0 Å². The molecule has 1 aromatic rings. The smallest absolute Gasteiger partial charge is 0.324 e. The monoisotopic (exact) mass is 236 g/mol. The first-order chi connectivity index (χ1) is 6.67. The van der Waals surface area contributed by atoms with E-state index in [4.69, 9.17) is 10.8 Å². The molecule has 0 bridgehead atoms. The first kappa shape index (κ1) is 13.8. The minimum absolute atomic E-state index is 0. The first-order valence-electron chi connectivity index (χ1n) is 4.00. The van der Waals surface area contributed by atoms with E-state index >= 15 is 0 Å². The molecule has 0 saturated carbocycles. The van der Waals surface area contributed by atoms with E-state index in [-0.39, 0.29) is 25.6 Å². The van der Waals surface area contributed by atoms with E-state index in [9.17, 15) is 4.79 Å². The van der Waals surface area contributed by atoms with Gasteiger partial charge < -0.3 is 15.6 Å². The Morgan fingerprint density at radius 3 is 2.93 bits per heavy atom. The number of aliphatic hydroxyl groups excluding tert-OH is 1. The van der Waals surface area contributed by atoms with E-state index in [1.54, 1.807) is 0 Å². The van der Waals surface area contributed by atoms with Crippen LogP contribution in [0.5, 0.6) is 0 Å². The van der Waals surface area contributed by atoms with Gasteiger partial charge in [-0.1, -0.05) is 5.21 Å². The highest BCUT2D eigenvalue weighted by Gasteiger charge is 2.14. The Labute approximate surface area is 92.6 Å². The van der Waals surface area contributed by atoms with Crippen molar-refractivity contribution in [3.63, 3.8) is 0 Å². The quantitative estimate of drug-likeness (QED) is 0.630. The number of rotatable bonds is 4. The standard InChI is InChI=1S/C7H12N4O3.ClH/c1-14-7(13)6(8)3-11-2-5(4-12)9-10-11;/h2,6,12H,3-4,8H2,1H3;1H. The predicted octanol–water partition coefficient (Wildman–Crippen LogP) is -1.31. The third kappa shape index (κ3) is 3.82. The number of ether oxygens (including phenoxy) is 1. The number of hydrogen-bond donors (Lipinski definition) is 2. The van der Waals surface area contributed by atoms with Crippen LogP contribution in [0.15, 0.2) is 6.20 Å². The summed E-state index contributed by atoms with van der Waals surface area (Å²) in [5.41, 5.74) is 5.92. The van der Waals surface area contributed by atoms with Gasteiger partial charge in [0.2, 0.25) is 0 Å². The molecule has 0 aromatic carbocycles. The fourth-order valence-corrected chi connectivity index (χ4v) is 0.928. The Bertz CT molecular complexity index is 317. The van der Waals surface area contributed by atoms with E-state index < -0.39 is 12.0 Å². The van der Waals surface area contributed by atoms with Crippen molar-refractivity contribution in [3.8, 4) is 0 Å².